The van der Waals surface area contributed by atoms with Gasteiger partial charge in [-0.3, -0.25) is 4.79 Å². The van der Waals surface area contributed by atoms with Gasteiger partial charge in [0, 0.05) is 12.6 Å². The second-order valence-corrected chi connectivity index (χ2v) is 4.23. The third-order valence-corrected chi connectivity index (χ3v) is 2.60. The first-order chi connectivity index (χ1) is 8.06. The van der Waals surface area contributed by atoms with Crippen LogP contribution in [0.3, 0.4) is 0 Å². The SMILES string of the molecule is CCCCNC(=O)C(C)n1cc(C(C)N)nn1. The van der Waals surface area contributed by atoms with Crippen LogP contribution in [-0.4, -0.2) is 27.4 Å². The fourth-order valence-electron chi connectivity index (χ4n) is 1.34. The zero-order chi connectivity index (χ0) is 12.8. The van der Waals surface area contributed by atoms with Crippen molar-refractivity contribution in [1.82, 2.24) is 20.3 Å². The van der Waals surface area contributed by atoms with E-state index < -0.39 is 0 Å². The third-order valence-electron chi connectivity index (χ3n) is 2.60. The molecule has 1 aromatic rings. The Hall–Kier alpha value is -1.43. The molecule has 1 amide bonds. The number of hydrogen-bond donors (Lipinski definition) is 2. The molecule has 0 aliphatic rings. The van der Waals surface area contributed by atoms with Gasteiger partial charge in [-0.25, -0.2) is 4.68 Å². The molecule has 2 atom stereocenters. The van der Waals surface area contributed by atoms with E-state index in [0.717, 1.165) is 12.8 Å². The number of nitrogens with zero attached hydrogens (tertiary/aromatic N) is 3. The molecule has 1 aromatic heterocycles. The predicted molar refractivity (Wildman–Crippen MR) is 65.3 cm³/mol. The lowest BCUT2D eigenvalue weighted by Gasteiger charge is -2.11. The van der Waals surface area contributed by atoms with E-state index in [1.807, 2.05) is 6.92 Å². The summed E-state index contributed by atoms with van der Waals surface area (Å²) < 4.78 is 1.54. The number of amides is 1. The molecule has 6 heteroatoms. The van der Waals surface area contributed by atoms with Gasteiger partial charge in [-0.2, -0.15) is 0 Å². The number of nitrogens with one attached hydrogen (secondary N) is 1. The zero-order valence-electron chi connectivity index (χ0n) is 10.7. The quantitative estimate of drug-likeness (QED) is 0.718. The van der Waals surface area contributed by atoms with Crippen LogP contribution in [0.15, 0.2) is 6.20 Å². The molecule has 0 radical (unpaired) electrons. The van der Waals surface area contributed by atoms with Crippen molar-refractivity contribution in [1.29, 1.82) is 0 Å². The first kappa shape index (κ1) is 13.6. The van der Waals surface area contributed by atoms with Crippen molar-refractivity contribution in [2.45, 2.75) is 45.7 Å². The summed E-state index contributed by atoms with van der Waals surface area (Å²) in [6, 6.07) is -0.522. The number of unbranched alkanes of at least 4 members (excludes halogenated alkanes) is 1. The number of rotatable bonds is 6. The summed E-state index contributed by atoms with van der Waals surface area (Å²) in [7, 11) is 0. The van der Waals surface area contributed by atoms with E-state index in [1.54, 1.807) is 17.8 Å². The molecule has 6 nitrogen and oxygen atoms in total. The van der Waals surface area contributed by atoms with Gasteiger partial charge < -0.3 is 11.1 Å². The van der Waals surface area contributed by atoms with Gasteiger partial charge in [0.25, 0.3) is 0 Å². The van der Waals surface area contributed by atoms with E-state index in [4.69, 9.17) is 5.73 Å². The van der Waals surface area contributed by atoms with Gasteiger partial charge in [-0.15, -0.1) is 5.10 Å². The molecule has 1 heterocycles. The molecular formula is C11H21N5O. The van der Waals surface area contributed by atoms with Crippen molar-refractivity contribution >= 4 is 5.91 Å². The summed E-state index contributed by atoms with van der Waals surface area (Å²) in [5.74, 6) is -0.0421. The Morgan fingerprint density at radius 1 is 1.59 bits per heavy atom. The molecule has 0 aliphatic heterocycles. The zero-order valence-corrected chi connectivity index (χ0v) is 10.7. The molecule has 0 aromatic carbocycles. The predicted octanol–water partition coefficient (Wildman–Crippen LogP) is 0.775. The second kappa shape index (κ2) is 6.34. The van der Waals surface area contributed by atoms with Gasteiger partial charge in [-0.1, -0.05) is 18.6 Å². The van der Waals surface area contributed by atoms with E-state index in [9.17, 15) is 4.79 Å². The summed E-state index contributed by atoms with van der Waals surface area (Å²) in [5.41, 5.74) is 6.38. The summed E-state index contributed by atoms with van der Waals surface area (Å²) in [5, 5.41) is 10.7. The molecule has 1 rings (SSSR count). The first-order valence-electron chi connectivity index (χ1n) is 6.01. The minimum atomic E-state index is -0.355. The van der Waals surface area contributed by atoms with Gasteiger partial charge in [-0.05, 0) is 20.3 Å². The molecule has 0 aliphatic carbocycles. The summed E-state index contributed by atoms with van der Waals surface area (Å²) in [4.78, 5) is 11.8. The lowest BCUT2D eigenvalue weighted by atomic mass is 10.2. The average molecular weight is 239 g/mol. The Balaban J connectivity index is 2.55. The Bertz CT molecular complexity index is 360. The largest absolute Gasteiger partial charge is 0.354 e. The average Bonchev–Trinajstić information content (AvgIpc) is 2.77. The molecule has 0 saturated carbocycles. The number of hydrogen-bond acceptors (Lipinski definition) is 4. The van der Waals surface area contributed by atoms with E-state index >= 15 is 0 Å². The van der Waals surface area contributed by atoms with Crippen LogP contribution in [0.2, 0.25) is 0 Å². The number of carbonyl (C=O) groups is 1. The molecule has 2 unspecified atom stereocenters. The lowest BCUT2D eigenvalue weighted by molar-refractivity contribution is -0.124. The highest BCUT2D eigenvalue weighted by molar-refractivity contribution is 5.79. The van der Waals surface area contributed by atoms with E-state index in [-0.39, 0.29) is 18.0 Å². The van der Waals surface area contributed by atoms with Crippen molar-refractivity contribution in [3.05, 3.63) is 11.9 Å². The number of nitrogens with two attached hydrogens (primary N) is 1. The van der Waals surface area contributed by atoms with Crippen LogP contribution in [0.25, 0.3) is 0 Å². The molecular weight excluding hydrogens is 218 g/mol. The van der Waals surface area contributed by atoms with Crippen molar-refractivity contribution < 1.29 is 4.79 Å². The van der Waals surface area contributed by atoms with Crippen LogP contribution >= 0.6 is 0 Å². The third kappa shape index (κ3) is 3.81. The fourth-order valence-corrected chi connectivity index (χ4v) is 1.34. The van der Waals surface area contributed by atoms with Crippen LogP contribution in [-0.2, 0) is 4.79 Å². The van der Waals surface area contributed by atoms with E-state index in [0.29, 0.717) is 12.2 Å². The van der Waals surface area contributed by atoms with Crippen LogP contribution in [0.4, 0.5) is 0 Å². The maximum absolute atomic E-state index is 11.8. The normalized spacial score (nSPS) is 14.4. The van der Waals surface area contributed by atoms with E-state index in [2.05, 4.69) is 22.6 Å². The van der Waals surface area contributed by atoms with Crippen molar-refractivity contribution in [2.75, 3.05) is 6.54 Å². The maximum Gasteiger partial charge on any atom is 0.244 e. The highest BCUT2D eigenvalue weighted by atomic mass is 16.2. The monoisotopic (exact) mass is 239 g/mol. The Morgan fingerprint density at radius 2 is 2.29 bits per heavy atom. The van der Waals surface area contributed by atoms with Gasteiger partial charge >= 0.3 is 0 Å². The highest BCUT2D eigenvalue weighted by Gasteiger charge is 2.16. The Labute approximate surface area is 102 Å². The van der Waals surface area contributed by atoms with Gasteiger partial charge in [0.15, 0.2) is 0 Å². The smallest absolute Gasteiger partial charge is 0.244 e. The topological polar surface area (TPSA) is 85.8 Å². The van der Waals surface area contributed by atoms with Crippen LogP contribution in [0.1, 0.15) is 51.4 Å². The number of aromatic nitrogens is 3. The Kier molecular flexibility index (Phi) is 5.09. The molecule has 0 saturated heterocycles. The van der Waals surface area contributed by atoms with Crippen molar-refractivity contribution in [3.8, 4) is 0 Å². The maximum atomic E-state index is 11.8. The summed E-state index contributed by atoms with van der Waals surface area (Å²) >= 11 is 0. The molecule has 0 fully saturated rings. The molecule has 3 N–H and O–H groups in total. The van der Waals surface area contributed by atoms with Gasteiger partial charge in [0.05, 0.1) is 11.9 Å². The summed E-state index contributed by atoms with van der Waals surface area (Å²) in [6.07, 6.45) is 3.77. The van der Waals surface area contributed by atoms with Gasteiger partial charge in [0.1, 0.15) is 6.04 Å². The molecule has 0 bridgehead atoms. The van der Waals surface area contributed by atoms with Crippen LogP contribution < -0.4 is 11.1 Å². The Morgan fingerprint density at radius 3 is 2.82 bits per heavy atom. The number of carbonyl (C=O) groups excluding carboxylic acids is 1. The fraction of sp³-hybridized carbons (Fsp3) is 0.727. The summed E-state index contributed by atoms with van der Waals surface area (Å²) in [6.45, 7) is 6.41. The second-order valence-electron chi connectivity index (χ2n) is 4.23. The molecule has 0 spiro atoms. The minimum absolute atomic E-state index is 0.0421. The van der Waals surface area contributed by atoms with Crippen LogP contribution in [0, 0.1) is 0 Å². The van der Waals surface area contributed by atoms with Crippen molar-refractivity contribution in [3.63, 3.8) is 0 Å². The van der Waals surface area contributed by atoms with Crippen molar-refractivity contribution in [2.24, 2.45) is 5.73 Å². The van der Waals surface area contributed by atoms with Gasteiger partial charge in [0.2, 0.25) is 5.91 Å². The highest BCUT2D eigenvalue weighted by Crippen LogP contribution is 2.09. The first-order valence-corrected chi connectivity index (χ1v) is 6.01. The molecule has 96 valence electrons. The molecule has 17 heavy (non-hydrogen) atoms. The lowest BCUT2D eigenvalue weighted by Crippen LogP contribution is -2.32. The minimum Gasteiger partial charge on any atom is -0.354 e. The standard InChI is InChI=1S/C11H21N5O/c1-4-5-6-13-11(17)9(3)16-7-10(8(2)12)14-15-16/h7-9H,4-6,12H2,1-3H3,(H,13,17). The van der Waals surface area contributed by atoms with E-state index in [1.165, 1.54) is 0 Å². The van der Waals surface area contributed by atoms with Crippen LogP contribution in [0.5, 0.6) is 0 Å².